The molecule has 130 valence electrons. The zero-order valence-corrected chi connectivity index (χ0v) is 14.9. The molecule has 3 rings (SSSR count). The van der Waals surface area contributed by atoms with Crippen LogP contribution >= 0.6 is 0 Å². The monoisotopic (exact) mass is 356 g/mol. The van der Waals surface area contributed by atoms with Gasteiger partial charge >= 0.3 is 0 Å². The third-order valence-corrected chi connectivity index (χ3v) is 5.14. The average molecular weight is 356 g/mol. The van der Waals surface area contributed by atoms with Crippen molar-refractivity contribution in [2.75, 3.05) is 0 Å². The van der Waals surface area contributed by atoms with Crippen molar-refractivity contribution in [2.24, 2.45) is 0 Å². The van der Waals surface area contributed by atoms with Crippen molar-refractivity contribution in [3.05, 3.63) is 66.6 Å². The molecule has 0 aliphatic heterocycles. The van der Waals surface area contributed by atoms with Crippen LogP contribution < -0.4 is 4.72 Å². The number of pyridine rings is 1. The standard InChI is InChI=1S/C18H20N4O2S/c1-14(2)22-13-17(18(21-22)15-8-4-3-5-9-15)25(23,24)20-12-16-10-6-7-11-19-16/h3-11,13-14,20H,12H2,1-2H3. The lowest BCUT2D eigenvalue weighted by Crippen LogP contribution is -2.24. The average Bonchev–Trinajstić information content (AvgIpc) is 3.08. The van der Waals surface area contributed by atoms with Crippen LogP contribution in [0.3, 0.4) is 0 Å². The molecule has 0 saturated heterocycles. The minimum atomic E-state index is -3.72. The van der Waals surface area contributed by atoms with E-state index < -0.39 is 10.0 Å². The second-order valence-electron chi connectivity index (χ2n) is 5.93. The van der Waals surface area contributed by atoms with E-state index >= 15 is 0 Å². The molecule has 25 heavy (non-hydrogen) atoms. The molecule has 0 atom stereocenters. The van der Waals surface area contributed by atoms with Crippen LogP contribution in [-0.2, 0) is 16.6 Å². The molecule has 1 N–H and O–H groups in total. The fourth-order valence-corrected chi connectivity index (χ4v) is 3.53. The van der Waals surface area contributed by atoms with Crippen LogP contribution in [-0.4, -0.2) is 23.2 Å². The van der Waals surface area contributed by atoms with Crippen molar-refractivity contribution in [1.29, 1.82) is 0 Å². The van der Waals surface area contributed by atoms with E-state index in [-0.39, 0.29) is 17.5 Å². The van der Waals surface area contributed by atoms with Crippen molar-refractivity contribution >= 4 is 10.0 Å². The van der Waals surface area contributed by atoms with Gasteiger partial charge in [-0.25, -0.2) is 13.1 Å². The predicted molar refractivity (Wildman–Crippen MR) is 96.3 cm³/mol. The van der Waals surface area contributed by atoms with E-state index in [4.69, 9.17) is 0 Å². The SMILES string of the molecule is CC(C)n1cc(S(=O)(=O)NCc2ccccn2)c(-c2ccccc2)n1. The highest BCUT2D eigenvalue weighted by atomic mass is 32.2. The first-order valence-electron chi connectivity index (χ1n) is 8.01. The number of hydrogen-bond acceptors (Lipinski definition) is 4. The second kappa shape index (κ2) is 7.16. The molecule has 3 aromatic rings. The third kappa shape index (κ3) is 3.94. The first-order chi connectivity index (χ1) is 12.0. The van der Waals surface area contributed by atoms with Gasteiger partial charge in [0.2, 0.25) is 10.0 Å². The number of aromatic nitrogens is 3. The van der Waals surface area contributed by atoms with Crippen molar-refractivity contribution in [2.45, 2.75) is 31.3 Å². The Hall–Kier alpha value is -2.51. The fraction of sp³-hybridized carbons (Fsp3) is 0.222. The van der Waals surface area contributed by atoms with Crippen LogP contribution in [0, 0.1) is 0 Å². The molecule has 7 heteroatoms. The summed E-state index contributed by atoms with van der Waals surface area (Å²) in [5, 5.41) is 4.48. The molecule has 2 heterocycles. The quantitative estimate of drug-likeness (QED) is 0.736. The summed E-state index contributed by atoms with van der Waals surface area (Å²) in [6.07, 6.45) is 3.21. The largest absolute Gasteiger partial charge is 0.268 e. The van der Waals surface area contributed by atoms with Gasteiger partial charge < -0.3 is 0 Å². The van der Waals surface area contributed by atoms with Crippen LogP contribution in [0.15, 0.2) is 65.8 Å². The van der Waals surface area contributed by atoms with Crippen LogP contribution in [0.1, 0.15) is 25.6 Å². The van der Waals surface area contributed by atoms with Gasteiger partial charge in [-0.05, 0) is 26.0 Å². The maximum atomic E-state index is 12.8. The summed E-state index contributed by atoms with van der Waals surface area (Å²) in [6, 6.07) is 14.8. The Morgan fingerprint density at radius 2 is 1.80 bits per heavy atom. The predicted octanol–water partition coefficient (Wildman–Crippen LogP) is 3.00. The lowest BCUT2D eigenvalue weighted by molar-refractivity contribution is 0.532. The van der Waals surface area contributed by atoms with Crippen LogP contribution in [0.25, 0.3) is 11.3 Å². The molecule has 0 bridgehead atoms. The van der Waals surface area contributed by atoms with E-state index in [1.54, 1.807) is 29.2 Å². The van der Waals surface area contributed by atoms with Crippen molar-refractivity contribution in [3.63, 3.8) is 0 Å². The van der Waals surface area contributed by atoms with Gasteiger partial charge in [-0.2, -0.15) is 5.10 Å². The number of hydrogen-bond donors (Lipinski definition) is 1. The molecule has 6 nitrogen and oxygen atoms in total. The number of rotatable bonds is 6. The topological polar surface area (TPSA) is 76.9 Å². The van der Waals surface area contributed by atoms with E-state index in [0.29, 0.717) is 11.4 Å². The Morgan fingerprint density at radius 3 is 2.44 bits per heavy atom. The lowest BCUT2D eigenvalue weighted by atomic mass is 10.2. The van der Waals surface area contributed by atoms with E-state index in [1.165, 1.54) is 0 Å². The highest BCUT2D eigenvalue weighted by Gasteiger charge is 2.24. The van der Waals surface area contributed by atoms with E-state index in [9.17, 15) is 8.42 Å². The van der Waals surface area contributed by atoms with Crippen LogP contribution in [0.4, 0.5) is 0 Å². The molecule has 1 aromatic carbocycles. The third-order valence-electron chi connectivity index (χ3n) is 3.73. The molecule has 0 unspecified atom stereocenters. The first kappa shape index (κ1) is 17.3. The minimum Gasteiger partial charge on any atom is -0.268 e. The van der Waals surface area contributed by atoms with Gasteiger partial charge in [0, 0.05) is 24.0 Å². The van der Waals surface area contributed by atoms with Gasteiger partial charge in [0.05, 0.1) is 12.2 Å². The zero-order chi connectivity index (χ0) is 17.9. The van der Waals surface area contributed by atoms with Gasteiger partial charge in [-0.1, -0.05) is 36.4 Å². The maximum absolute atomic E-state index is 12.8. The Balaban J connectivity index is 1.97. The van der Waals surface area contributed by atoms with Crippen LogP contribution in [0.5, 0.6) is 0 Å². The molecule has 0 aliphatic rings. The molecule has 0 saturated carbocycles. The molecule has 0 aliphatic carbocycles. The maximum Gasteiger partial charge on any atom is 0.244 e. The Labute approximate surface area is 147 Å². The Kier molecular flexibility index (Phi) is 4.96. The molecule has 0 fully saturated rings. The Morgan fingerprint density at radius 1 is 1.08 bits per heavy atom. The molecule has 0 amide bonds. The van der Waals surface area contributed by atoms with Crippen molar-refractivity contribution in [1.82, 2.24) is 19.5 Å². The zero-order valence-electron chi connectivity index (χ0n) is 14.1. The van der Waals surface area contributed by atoms with Crippen molar-refractivity contribution < 1.29 is 8.42 Å². The van der Waals surface area contributed by atoms with E-state index in [0.717, 1.165) is 5.56 Å². The molecule has 0 radical (unpaired) electrons. The summed E-state index contributed by atoms with van der Waals surface area (Å²) < 4.78 is 30.0. The minimum absolute atomic E-state index is 0.0576. The number of nitrogens with zero attached hydrogens (tertiary/aromatic N) is 3. The fourth-order valence-electron chi connectivity index (χ4n) is 2.38. The molecular formula is C18H20N4O2S. The summed E-state index contributed by atoms with van der Waals surface area (Å²) in [7, 11) is -3.72. The lowest BCUT2D eigenvalue weighted by Gasteiger charge is -2.06. The first-order valence-corrected chi connectivity index (χ1v) is 9.50. The highest BCUT2D eigenvalue weighted by Crippen LogP contribution is 2.27. The van der Waals surface area contributed by atoms with Crippen LogP contribution in [0.2, 0.25) is 0 Å². The summed E-state index contributed by atoms with van der Waals surface area (Å²) >= 11 is 0. The summed E-state index contributed by atoms with van der Waals surface area (Å²) in [5.74, 6) is 0. The van der Waals surface area contributed by atoms with Gasteiger partial charge in [0.25, 0.3) is 0 Å². The highest BCUT2D eigenvalue weighted by molar-refractivity contribution is 7.89. The normalized spacial score (nSPS) is 11.8. The van der Waals surface area contributed by atoms with E-state index in [2.05, 4.69) is 14.8 Å². The summed E-state index contributed by atoms with van der Waals surface area (Å²) in [6.45, 7) is 4.04. The summed E-state index contributed by atoms with van der Waals surface area (Å²) in [5.41, 5.74) is 1.87. The molecule has 0 spiro atoms. The Bertz CT molecular complexity index is 936. The summed E-state index contributed by atoms with van der Waals surface area (Å²) in [4.78, 5) is 4.31. The molecular weight excluding hydrogens is 336 g/mol. The molecule has 2 aromatic heterocycles. The second-order valence-corrected chi connectivity index (χ2v) is 7.66. The number of nitrogens with one attached hydrogen (secondary N) is 1. The van der Waals surface area contributed by atoms with Gasteiger partial charge in [-0.15, -0.1) is 0 Å². The van der Waals surface area contributed by atoms with Crippen molar-refractivity contribution in [3.8, 4) is 11.3 Å². The van der Waals surface area contributed by atoms with E-state index in [1.807, 2.05) is 50.2 Å². The van der Waals surface area contributed by atoms with Gasteiger partial charge in [0.15, 0.2) is 0 Å². The number of sulfonamides is 1. The smallest absolute Gasteiger partial charge is 0.244 e. The van der Waals surface area contributed by atoms with Gasteiger partial charge in [-0.3, -0.25) is 9.67 Å². The van der Waals surface area contributed by atoms with Gasteiger partial charge in [0.1, 0.15) is 10.6 Å². The number of benzene rings is 1.